The quantitative estimate of drug-likeness (QED) is 0.735. The van der Waals surface area contributed by atoms with Crippen molar-refractivity contribution in [2.45, 2.75) is 46.1 Å². The maximum atomic E-state index is 12.8. The molecule has 0 atom stereocenters. The largest absolute Gasteiger partial charge is 0.353 e. The molecule has 2 aromatic heterocycles. The number of hydrogen-bond acceptors (Lipinski definition) is 5. The fourth-order valence-electron chi connectivity index (χ4n) is 3.74. The smallest absolute Gasteiger partial charge is 0.350 e. The fourth-order valence-corrected chi connectivity index (χ4v) is 3.74. The second-order valence-corrected chi connectivity index (χ2v) is 7.65. The highest BCUT2D eigenvalue weighted by molar-refractivity contribution is 5.91. The number of aromatic nitrogens is 4. The lowest BCUT2D eigenvalue weighted by atomic mass is 10.1. The van der Waals surface area contributed by atoms with Gasteiger partial charge >= 0.3 is 5.69 Å². The average molecular weight is 394 g/mol. The minimum Gasteiger partial charge on any atom is -0.353 e. The van der Waals surface area contributed by atoms with E-state index in [9.17, 15) is 9.59 Å². The van der Waals surface area contributed by atoms with Crippen molar-refractivity contribution in [2.24, 2.45) is 0 Å². The molecule has 1 saturated heterocycles. The first-order chi connectivity index (χ1) is 14.0. The summed E-state index contributed by atoms with van der Waals surface area (Å²) in [6.45, 7) is 5.57. The Bertz CT molecular complexity index is 1090. The third-order valence-electron chi connectivity index (χ3n) is 5.35. The Balaban J connectivity index is 1.60. The van der Waals surface area contributed by atoms with Gasteiger partial charge in [0.2, 0.25) is 11.6 Å². The average Bonchev–Trinajstić information content (AvgIpc) is 2.88. The Kier molecular flexibility index (Phi) is 5.33. The van der Waals surface area contributed by atoms with Crippen LogP contribution < -0.4 is 15.9 Å². The minimum atomic E-state index is -0.338. The van der Waals surface area contributed by atoms with Crippen molar-refractivity contribution in [3.05, 3.63) is 52.2 Å². The van der Waals surface area contributed by atoms with Gasteiger partial charge in [-0.1, -0.05) is 25.0 Å². The van der Waals surface area contributed by atoms with E-state index in [0.717, 1.165) is 42.7 Å². The van der Waals surface area contributed by atoms with Crippen LogP contribution in [0.4, 0.5) is 11.5 Å². The van der Waals surface area contributed by atoms with Gasteiger partial charge < -0.3 is 10.2 Å². The van der Waals surface area contributed by atoms with Crippen LogP contribution in [0.2, 0.25) is 0 Å². The van der Waals surface area contributed by atoms with Crippen LogP contribution in [-0.2, 0) is 11.3 Å². The molecular weight excluding hydrogens is 368 g/mol. The van der Waals surface area contributed by atoms with E-state index in [1.54, 1.807) is 12.4 Å². The normalized spacial score (nSPS) is 14.8. The van der Waals surface area contributed by atoms with E-state index in [1.165, 1.54) is 21.9 Å². The Labute approximate surface area is 169 Å². The molecule has 4 rings (SSSR count). The lowest BCUT2D eigenvalue weighted by Gasteiger charge is -2.20. The van der Waals surface area contributed by atoms with Gasteiger partial charge in [0, 0.05) is 31.2 Å². The molecule has 8 nitrogen and oxygen atoms in total. The zero-order chi connectivity index (χ0) is 20.4. The predicted molar refractivity (Wildman–Crippen MR) is 112 cm³/mol. The van der Waals surface area contributed by atoms with Crippen LogP contribution >= 0.6 is 0 Å². The Hall–Kier alpha value is -3.16. The lowest BCUT2D eigenvalue weighted by Crippen LogP contribution is -2.28. The van der Waals surface area contributed by atoms with Crippen LogP contribution in [0.5, 0.6) is 0 Å². The third kappa shape index (κ3) is 4.01. The third-order valence-corrected chi connectivity index (χ3v) is 5.35. The Morgan fingerprint density at radius 2 is 1.90 bits per heavy atom. The molecule has 0 unspecified atom stereocenters. The van der Waals surface area contributed by atoms with E-state index in [2.05, 4.69) is 20.3 Å². The van der Waals surface area contributed by atoms with Crippen LogP contribution in [-0.4, -0.2) is 38.2 Å². The Morgan fingerprint density at radius 1 is 1.14 bits per heavy atom. The van der Waals surface area contributed by atoms with Gasteiger partial charge in [0.1, 0.15) is 6.54 Å². The molecule has 1 aromatic carbocycles. The van der Waals surface area contributed by atoms with E-state index >= 15 is 0 Å². The molecule has 0 radical (unpaired) electrons. The number of nitrogens with zero attached hydrogens (tertiary/aromatic N) is 5. The van der Waals surface area contributed by atoms with E-state index < -0.39 is 0 Å². The number of carbonyl (C=O) groups is 1. The number of nitrogens with one attached hydrogen (secondary N) is 1. The first kappa shape index (κ1) is 19.2. The summed E-state index contributed by atoms with van der Waals surface area (Å²) in [5.74, 6) is 0.425. The van der Waals surface area contributed by atoms with Crippen LogP contribution in [0.15, 0.2) is 35.4 Å². The topological polar surface area (TPSA) is 84.5 Å². The summed E-state index contributed by atoms with van der Waals surface area (Å²) in [5.41, 5.74) is 2.94. The molecule has 8 heteroatoms. The van der Waals surface area contributed by atoms with E-state index in [-0.39, 0.29) is 18.1 Å². The number of aryl methyl sites for hydroxylation is 2. The van der Waals surface area contributed by atoms with Gasteiger partial charge in [0.05, 0.1) is 0 Å². The summed E-state index contributed by atoms with van der Waals surface area (Å²) in [5, 5.41) is 7.33. The standard InChI is InChI=1S/C21H26N6O2/c1-15-7-8-16(2)17(13-15)23-18(28)14-27-21(29)26-12-9-22-19(20(26)24-27)25-10-5-3-4-6-11-25/h7-9,12-13H,3-6,10-11,14H2,1-2H3,(H,23,28). The maximum Gasteiger partial charge on any atom is 0.350 e. The maximum absolute atomic E-state index is 12.8. The zero-order valence-corrected chi connectivity index (χ0v) is 16.9. The highest BCUT2D eigenvalue weighted by Gasteiger charge is 2.19. The molecule has 152 valence electrons. The number of anilines is 2. The molecule has 0 spiro atoms. The van der Waals surface area contributed by atoms with Gasteiger partial charge in [-0.2, -0.15) is 0 Å². The number of amides is 1. The number of hydrogen-bond donors (Lipinski definition) is 1. The molecule has 0 saturated carbocycles. The van der Waals surface area contributed by atoms with Crippen LogP contribution in [0.25, 0.3) is 5.65 Å². The highest BCUT2D eigenvalue weighted by atomic mass is 16.2. The molecule has 1 aliphatic heterocycles. The van der Waals surface area contributed by atoms with E-state index in [1.807, 2.05) is 32.0 Å². The Morgan fingerprint density at radius 3 is 2.66 bits per heavy atom. The SMILES string of the molecule is Cc1ccc(C)c(NC(=O)Cn2nc3c(N4CCCCCC4)nccn3c2=O)c1. The molecule has 0 aliphatic carbocycles. The molecule has 0 bridgehead atoms. The molecule has 3 heterocycles. The van der Waals surface area contributed by atoms with Crippen molar-refractivity contribution in [1.29, 1.82) is 0 Å². The minimum absolute atomic E-state index is 0.146. The van der Waals surface area contributed by atoms with Gasteiger partial charge in [-0.3, -0.25) is 4.79 Å². The first-order valence-electron chi connectivity index (χ1n) is 10.1. The number of rotatable bonds is 4. The van der Waals surface area contributed by atoms with Gasteiger partial charge in [-0.25, -0.2) is 18.9 Å². The number of carbonyl (C=O) groups excluding carboxylic acids is 1. The molecular formula is C21H26N6O2. The van der Waals surface area contributed by atoms with Gasteiger partial charge in [-0.05, 0) is 43.9 Å². The lowest BCUT2D eigenvalue weighted by molar-refractivity contribution is -0.117. The summed E-state index contributed by atoms with van der Waals surface area (Å²) in [6.07, 6.45) is 7.85. The molecule has 1 fully saturated rings. The number of fused-ring (bicyclic) bond motifs is 1. The summed E-state index contributed by atoms with van der Waals surface area (Å²) in [7, 11) is 0. The predicted octanol–water partition coefficient (Wildman–Crippen LogP) is 2.53. The monoisotopic (exact) mass is 394 g/mol. The van der Waals surface area contributed by atoms with E-state index in [4.69, 9.17) is 0 Å². The first-order valence-corrected chi connectivity index (χ1v) is 10.1. The fraction of sp³-hybridized carbons (Fsp3) is 0.429. The van der Waals surface area contributed by atoms with Crippen molar-refractivity contribution in [3.8, 4) is 0 Å². The van der Waals surface area contributed by atoms with E-state index in [0.29, 0.717) is 11.5 Å². The molecule has 29 heavy (non-hydrogen) atoms. The van der Waals surface area contributed by atoms with Crippen molar-refractivity contribution in [1.82, 2.24) is 19.2 Å². The van der Waals surface area contributed by atoms with Crippen LogP contribution in [0.1, 0.15) is 36.8 Å². The van der Waals surface area contributed by atoms with Crippen molar-refractivity contribution >= 4 is 23.1 Å². The van der Waals surface area contributed by atoms with Crippen molar-refractivity contribution < 1.29 is 4.79 Å². The summed E-state index contributed by atoms with van der Waals surface area (Å²) in [6, 6.07) is 5.87. The second-order valence-electron chi connectivity index (χ2n) is 7.65. The van der Waals surface area contributed by atoms with Gasteiger partial charge in [0.15, 0.2) is 5.82 Å². The second kappa shape index (κ2) is 8.06. The zero-order valence-electron chi connectivity index (χ0n) is 16.9. The molecule has 3 aromatic rings. The molecule has 1 amide bonds. The van der Waals surface area contributed by atoms with Gasteiger partial charge in [0.25, 0.3) is 0 Å². The van der Waals surface area contributed by atoms with Gasteiger partial charge in [-0.15, -0.1) is 5.10 Å². The van der Waals surface area contributed by atoms with Crippen molar-refractivity contribution in [2.75, 3.05) is 23.3 Å². The number of benzene rings is 1. The summed E-state index contributed by atoms with van der Waals surface area (Å²) >= 11 is 0. The molecule has 1 N–H and O–H groups in total. The highest BCUT2D eigenvalue weighted by Crippen LogP contribution is 2.20. The van der Waals surface area contributed by atoms with Crippen molar-refractivity contribution in [3.63, 3.8) is 0 Å². The summed E-state index contributed by atoms with van der Waals surface area (Å²) in [4.78, 5) is 32.0. The van der Waals surface area contributed by atoms with Crippen LogP contribution in [0.3, 0.4) is 0 Å². The van der Waals surface area contributed by atoms with Crippen LogP contribution in [0, 0.1) is 13.8 Å². The summed E-state index contributed by atoms with van der Waals surface area (Å²) < 4.78 is 2.68. The molecule has 1 aliphatic rings.